The Labute approximate surface area is 183 Å². The van der Waals surface area contributed by atoms with Crippen molar-refractivity contribution in [1.29, 1.82) is 5.26 Å². The molecule has 0 aliphatic rings. The average Bonchev–Trinajstić information content (AvgIpc) is 2.71. The van der Waals surface area contributed by atoms with Crippen molar-refractivity contribution in [2.75, 3.05) is 20.2 Å². The van der Waals surface area contributed by atoms with Crippen molar-refractivity contribution < 1.29 is 9.13 Å². The second kappa shape index (κ2) is 13.1. The molecule has 0 aliphatic carbocycles. The zero-order valence-corrected chi connectivity index (χ0v) is 18.4. The molecular weight excluding hydrogens is 470 g/mol. The number of ether oxygens (including phenoxy) is 1. The Hall–Kier alpha value is -2.18. The van der Waals surface area contributed by atoms with Crippen LogP contribution in [0.4, 0.5) is 4.39 Å². The van der Waals surface area contributed by atoms with E-state index in [1.54, 1.807) is 19.2 Å². The molecule has 1 unspecified atom stereocenters. The van der Waals surface area contributed by atoms with Crippen molar-refractivity contribution in [3.63, 3.8) is 0 Å². The largest absolute Gasteiger partial charge is 0.374 e. The number of nitrogens with one attached hydrogen (secondary N) is 2. The van der Waals surface area contributed by atoms with E-state index in [4.69, 9.17) is 10.00 Å². The number of rotatable bonds is 8. The molecule has 2 N–H and O–H groups in total. The topological polar surface area (TPSA) is 69.4 Å². The van der Waals surface area contributed by atoms with E-state index < -0.39 is 5.82 Å². The molecule has 5 nitrogen and oxygen atoms in total. The van der Waals surface area contributed by atoms with Crippen LogP contribution in [0.1, 0.15) is 36.1 Å². The molecule has 0 aromatic heterocycles. The molecule has 0 heterocycles. The van der Waals surface area contributed by atoms with Crippen molar-refractivity contribution in [2.24, 2.45) is 4.99 Å². The summed E-state index contributed by atoms with van der Waals surface area (Å²) < 4.78 is 19.7. The lowest BCUT2D eigenvalue weighted by molar-refractivity contribution is 0.0646. The molecule has 7 heteroatoms. The van der Waals surface area contributed by atoms with Crippen molar-refractivity contribution in [3.05, 3.63) is 71.0 Å². The molecule has 0 bridgehead atoms. The number of nitrogens with zero attached hydrogens (tertiary/aromatic N) is 2. The van der Waals surface area contributed by atoms with E-state index in [9.17, 15) is 4.39 Å². The van der Waals surface area contributed by atoms with Gasteiger partial charge >= 0.3 is 0 Å². The van der Waals surface area contributed by atoms with Crippen LogP contribution in [0.25, 0.3) is 0 Å². The van der Waals surface area contributed by atoms with Gasteiger partial charge in [0.15, 0.2) is 5.96 Å². The van der Waals surface area contributed by atoms with Gasteiger partial charge in [-0.1, -0.05) is 36.4 Å². The SMILES string of the molecule is CN=C(NCCCOC(C)c1ccccc1)NCc1ccc(C#N)cc1F.I. The van der Waals surface area contributed by atoms with Gasteiger partial charge in [-0.2, -0.15) is 5.26 Å². The molecule has 0 saturated heterocycles. The third-order valence-corrected chi connectivity index (χ3v) is 4.10. The minimum absolute atomic E-state index is 0. The first-order valence-electron chi connectivity index (χ1n) is 8.93. The van der Waals surface area contributed by atoms with Gasteiger partial charge in [0.2, 0.25) is 0 Å². The first-order chi connectivity index (χ1) is 13.1. The Balaban J connectivity index is 0.00000392. The molecule has 2 aromatic rings. The first kappa shape index (κ1) is 23.9. The number of halogens is 2. The quantitative estimate of drug-likeness (QED) is 0.250. The van der Waals surface area contributed by atoms with E-state index in [0.717, 1.165) is 12.0 Å². The molecule has 2 rings (SSSR count). The second-order valence-electron chi connectivity index (χ2n) is 6.05. The highest BCUT2D eigenvalue weighted by atomic mass is 127. The van der Waals surface area contributed by atoms with Gasteiger partial charge in [0.1, 0.15) is 5.82 Å². The Morgan fingerprint density at radius 1 is 1.21 bits per heavy atom. The summed E-state index contributed by atoms with van der Waals surface area (Å²) in [7, 11) is 1.67. The summed E-state index contributed by atoms with van der Waals surface area (Å²) in [4.78, 5) is 4.13. The lowest BCUT2D eigenvalue weighted by Gasteiger charge is -2.15. The van der Waals surface area contributed by atoms with Crippen molar-refractivity contribution in [3.8, 4) is 6.07 Å². The van der Waals surface area contributed by atoms with E-state index in [1.165, 1.54) is 6.07 Å². The van der Waals surface area contributed by atoms with Gasteiger partial charge in [-0.25, -0.2) is 4.39 Å². The number of guanidine groups is 1. The standard InChI is InChI=1S/C21H25FN4O.HI/c1-16(18-7-4-3-5-8-18)27-12-6-11-25-21(24-2)26-15-19-10-9-17(14-23)13-20(19)22;/h3-5,7-10,13,16H,6,11-12,15H2,1-2H3,(H2,24,25,26);1H. The van der Waals surface area contributed by atoms with Gasteiger partial charge < -0.3 is 15.4 Å². The van der Waals surface area contributed by atoms with Crippen LogP contribution in [-0.4, -0.2) is 26.2 Å². The molecule has 150 valence electrons. The van der Waals surface area contributed by atoms with E-state index >= 15 is 0 Å². The summed E-state index contributed by atoms with van der Waals surface area (Å²) in [5.74, 6) is 0.190. The predicted octanol–water partition coefficient (Wildman–Crippen LogP) is 4.15. The summed E-state index contributed by atoms with van der Waals surface area (Å²) >= 11 is 0. The molecule has 0 amide bonds. The lowest BCUT2D eigenvalue weighted by Crippen LogP contribution is -2.37. The zero-order valence-electron chi connectivity index (χ0n) is 16.1. The van der Waals surface area contributed by atoms with Crippen molar-refractivity contribution in [2.45, 2.75) is 26.0 Å². The summed E-state index contributed by atoms with van der Waals surface area (Å²) in [6, 6.07) is 16.5. The van der Waals surface area contributed by atoms with Gasteiger partial charge in [-0.05, 0) is 31.0 Å². The lowest BCUT2D eigenvalue weighted by atomic mass is 10.1. The molecule has 0 aliphatic heterocycles. The third kappa shape index (κ3) is 7.82. The van der Waals surface area contributed by atoms with Crippen LogP contribution in [0.3, 0.4) is 0 Å². The molecule has 28 heavy (non-hydrogen) atoms. The fourth-order valence-electron chi connectivity index (χ4n) is 2.52. The van der Waals surface area contributed by atoms with Gasteiger partial charge in [0.25, 0.3) is 0 Å². The molecule has 1 atom stereocenters. The van der Waals surface area contributed by atoms with Gasteiger partial charge in [-0.15, -0.1) is 24.0 Å². The molecular formula is C21H26FIN4O. The third-order valence-electron chi connectivity index (χ3n) is 4.10. The Bertz CT molecular complexity index is 793. The smallest absolute Gasteiger partial charge is 0.191 e. The van der Waals surface area contributed by atoms with Crippen LogP contribution in [0, 0.1) is 17.1 Å². The van der Waals surface area contributed by atoms with Crippen LogP contribution in [-0.2, 0) is 11.3 Å². The van der Waals surface area contributed by atoms with Crippen LogP contribution in [0.5, 0.6) is 0 Å². The molecule has 2 aromatic carbocycles. The summed E-state index contributed by atoms with van der Waals surface area (Å²) in [5.41, 5.74) is 1.95. The highest BCUT2D eigenvalue weighted by molar-refractivity contribution is 14.0. The Morgan fingerprint density at radius 2 is 1.96 bits per heavy atom. The van der Waals surface area contributed by atoms with Gasteiger partial charge in [0, 0.05) is 32.3 Å². The first-order valence-corrected chi connectivity index (χ1v) is 8.93. The Kier molecular flexibility index (Phi) is 11.1. The number of nitriles is 1. The fourth-order valence-corrected chi connectivity index (χ4v) is 2.52. The van der Waals surface area contributed by atoms with Crippen LogP contribution < -0.4 is 10.6 Å². The average molecular weight is 496 g/mol. The normalized spacial score (nSPS) is 11.9. The minimum Gasteiger partial charge on any atom is -0.374 e. The van der Waals surface area contributed by atoms with Crippen LogP contribution >= 0.6 is 24.0 Å². The summed E-state index contributed by atoms with van der Waals surface area (Å²) in [6.45, 7) is 3.65. The van der Waals surface area contributed by atoms with Gasteiger partial charge in [-0.3, -0.25) is 4.99 Å². The zero-order chi connectivity index (χ0) is 19.5. The molecule has 0 radical (unpaired) electrons. The maximum Gasteiger partial charge on any atom is 0.191 e. The summed E-state index contributed by atoms with van der Waals surface area (Å²) in [6.07, 6.45) is 0.881. The highest BCUT2D eigenvalue weighted by Gasteiger charge is 2.06. The van der Waals surface area contributed by atoms with E-state index in [0.29, 0.717) is 36.8 Å². The van der Waals surface area contributed by atoms with Gasteiger partial charge in [0.05, 0.1) is 17.7 Å². The maximum atomic E-state index is 13.9. The molecule has 0 saturated carbocycles. The summed E-state index contributed by atoms with van der Waals surface area (Å²) in [5, 5.41) is 15.0. The van der Waals surface area contributed by atoms with Crippen LogP contribution in [0.2, 0.25) is 0 Å². The predicted molar refractivity (Wildman–Crippen MR) is 120 cm³/mol. The van der Waals surface area contributed by atoms with E-state index in [2.05, 4.69) is 27.8 Å². The minimum atomic E-state index is -0.402. The molecule has 0 spiro atoms. The fraction of sp³-hybridized carbons (Fsp3) is 0.333. The molecule has 0 fully saturated rings. The monoisotopic (exact) mass is 496 g/mol. The highest BCUT2D eigenvalue weighted by Crippen LogP contribution is 2.15. The van der Waals surface area contributed by atoms with E-state index in [-0.39, 0.29) is 30.1 Å². The number of hydrogen-bond acceptors (Lipinski definition) is 3. The number of benzene rings is 2. The number of hydrogen-bond donors (Lipinski definition) is 2. The number of aliphatic imine (C=N–C) groups is 1. The van der Waals surface area contributed by atoms with Crippen molar-refractivity contribution in [1.82, 2.24) is 10.6 Å². The van der Waals surface area contributed by atoms with Crippen LogP contribution in [0.15, 0.2) is 53.5 Å². The van der Waals surface area contributed by atoms with E-state index in [1.807, 2.05) is 31.2 Å². The Morgan fingerprint density at radius 3 is 2.61 bits per heavy atom. The van der Waals surface area contributed by atoms with Crippen molar-refractivity contribution >= 4 is 29.9 Å². The maximum absolute atomic E-state index is 13.9. The second-order valence-corrected chi connectivity index (χ2v) is 6.05.